The van der Waals surface area contributed by atoms with Gasteiger partial charge in [0.15, 0.2) is 0 Å². The van der Waals surface area contributed by atoms with Crippen molar-refractivity contribution in [2.24, 2.45) is 11.7 Å². The molecule has 1 aliphatic heterocycles. The van der Waals surface area contributed by atoms with Crippen molar-refractivity contribution in [3.63, 3.8) is 0 Å². The Morgan fingerprint density at radius 3 is 2.62 bits per heavy atom. The van der Waals surface area contributed by atoms with Crippen molar-refractivity contribution in [2.45, 2.75) is 50.6 Å². The van der Waals surface area contributed by atoms with Gasteiger partial charge in [0.05, 0.1) is 0 Å². The zero-order valence-electron chi connectivity index (χ0n) is 12.4. The van der Waals surface area contributed by atoms with Crippen LogP contribution in [0, 0.1) is 11.7 Å². The number of hydrogen-bond acceptors (Lipinski definition) is 2. The van der Waals surface area contributed by atoms with Crippen LogP contribution in [0.3, 0.4) is 0 Å². The van der Waals surface area contributed by atoms with E-state index in [9.17, 15) is 4.39 Å². The molecule has 0 radical (unpaired) electrons. The van der Waals surface area contributed by atoms with E-state index in [0.717, 1.165) is 18.0 Å². The van der Waals surface area contributed by atoms with Crippen molar-refractivity contribution in [1.82, 2.24) is 4.90 Å². The molecule has 0 amide bonds. The summed E-state index contributed by atoms with van der Waals surface area (Å²) >= 11 is 6.02. The summed E-state index contributed by atoms with van der Waals surface area (Å²) in [6.45, 7) is 1.58. The van der Waals surface area contributed by atoms with Gasteiger partial charge in [0.2, 0.25) is 0 Å². The minimum absolute atomic E-state index is 0.0892. The number of likely N-dealkylation sites (tertiary alicyclic amines) is 1. The fourth-order valence-electron chi connectivity index (χ4n) is 4.28. The molecule has 1 saturated heterocycles. The Bertz CT molecular complexity index is 467. The summed E-state index contributed by atoms with van der Waals surface area (Å²) in [5.74, 6) is 0.526. The van der Waals surface area contributed by atoms with E-state index in [1.807, 2.05) is 6.07 Å². The largest absolute Gasteiger partial charge is 0.329 e. The van der Waals surface area contributed by atoms with Gasteiger partial charge in [0, 0.05) is 23.7 Å². The molecule has 116 valence electrons. The molecular weight excluding hydrogens is 287 g/mol. The molecule has 2 unspecified atom stereocenters. The third-order valence-corrected chi connectivity index (χ3v) is 5.40. The first kappa shape index (κ1) is 15.3. The highest BCUT2D eigenvalue weighted by Gasteiger charge is 2.37. The van der Waals surface area contributed by atoms with Crippen LogP contribution in [0.25, 0.3) is 0 Å². The second kappa shape index (κ2) is 6.64. The van der Waals surface area contributed by atoms with Gasteiger partial charge >= 0.3 is 0 Å². The van der Waals surface area contributed by atoms with Crippen LogP contribution < -0.4 is 5.73 Å². The van der Waals surface area contributed by atoms with Gasteiger partial charge in [-0.1, -0.05) is 24.4 Å². The maximum atomic E-state index is 13.7. The highest BCUT2D eigenvalue weighted by Crippen LogP contribution is 2.39. The zero-order valence-corrected chi connectivity index (χ0v) is 13.2. The van der Waals surface area contributed by atoms with Gasteiger partial charge in [-0.25, -0.2) is 4.39 Å². The lowest BCUT2D eigenvalue weighted by Crippen LogP contribution is -2.40. The molecule has 0 bridgehead atoms. The number of rotatable bonds is 4. The van der Waals surface area contributed by atoms with Crippen molar-refractivity contribution in [3.05, 3.63) is 34.6 Å². The van der Waals surface area contributed by atoms with Gasteiger partial charge in [0.1, 0.15) is 5.82 Å². The van der Waals surface area contributed by atoms with Gasteiger partial charge in [-0.05, 0) is 61.9 Å². The second-order valence-corrected chi connectivity index (χ2v) is 6.88. The summed E-state index contributed by atoms with van der Waals surface area (Å²) in [4.78, 5) is 2.51. The number of benzene rings is 1. The van der Waals surface area contributed by atoms with Gasteiger partial charge in [-0.3, -0.25) is 4.90 Å². The standard InChI is InChI=1S/C17H24ClFN2/c18-14-8-13(9-15(19)10-14)17(11-20)21-7-3-6-16(21)12-4-1-2-5-12/h8-10,12,16-17H,1-7,11,20H2. The van der Waals surface area contributed by atoms with Gasteiger partial charge in [-0.2, -0.15) is 0 Å². The predicted octanol–water partition coefficient (Wildman–Crippen LogP) is 4.13. The van der Waals surface area contributed by atoms with Crippen molar-refractivity contribution in [3.8, 4) is 0 Å². The molecule has 1 aromatic rings. The molecule has 21 heavy (non-hydrogen) atoms. The molecule has 2 fully saturated rings. The Balaban J connectivity index is 1.84. The molecule has 3 rings (SSSR count). The lowest BCUT2D eigenvalue weighted by molar-refractivity contribution is 0.138. The topological polar surface area (TPSA) is 29.3 Å². The molecule has 2 atom stereocenters. The summed E-state index contributed by atoms with van der Waals surface area (Å²) in [5.41, 5.74) is 6.96. The fraction of sp³-hybridized carbons (Fsp3) is 0.647. The zero-order chi connectivity index (χ0) is 14.8. The van der Waals surface area contributed by atoms with Crippen LogP contribution in [0.4, 0.5) is 4.39 Å². The SMILES string of the molecule is NCC(c1cc(F)cc(Cl)c1)N1CCCC1C1CCCC1. The predicted molar refractivity (Wildman–Crippen MR) is 84.9 cm³/mol. The average Bonchev–Trinajstić information content (AvgIpc) is 3.08. The lowest BCUT2D eigenvalue weighted by atomic mass is 9.94. The molecule has 4 heteroatoms. The van der Waals surface area contributed by atoms with Gasteiger partial charge < -0.3 is 5.73 Å². The third kappa shape index (κ3) is 3.25. The molecule has 1 aromatic carbocycles. The molecule has 1 saturated carbocycles. The van der Waals surface area contributed by atoms with Crippen molar-refractivity contribution in [2.75, 3.05) is 13.1 Å². The Morgan fingerprint density at radius 1 is 1.19 bits per heavy atom. The molecule has 2 N–H and O–H groups in total. The molecule has 0 aromatic heterocycles. The summed E-state index contributed by atoms with van der Waals surface area (Å²) in [6, 6.07) is 5.52. The van der Waals surface area contributed by atoms with Gasteiger partial charge in [0.25, 0.3) is 0 Å². The number of nitrogens with two attached hydrogens (primary N) is 1. The van der Waals surface area contributed by atoms with Crippen LogP contribution in [-0.2, 0) is 0 Å². The van der Waals surface area contributed by atoms with Crippen molar-refractivity contribution < 1.29 is 4.39 Å². The van der Waals surface area contributed by atoms with E-state index in [4.69, 9.17) is 17.3 Å². The van der Waals surface area contributed by atoms with Crippen LogP contribution in [-0.4, -0.2) is 24.0 Å². The first-order chi connectivity index (χ1) is 10.2. The van der Waals surface area contributed by atoms with Crippen LogP contribution in [0.5, 0.6) is 0 Å². The minimum Gasteiger partial charge on any atom is -0.329 e. The highest BCUT2D eigenvalue weighted by molar-refractivity contribution is 6.30. The molecule has 0 spiro atoms. The third-order valence-electron chi connectivity index (χ3n) is 5.18. The molecule has 1 aliphatic carbocycles. The fourth-order valence-corrected chi connectivity index (χ4v) is 4.51. The van der Waals surface area contributed by atoms with E-state index in [2.05, 4.69) is 4.90 Å². The van der Waals surface area contributed by atoms with Crippen molar-refractivity contribution in [1.29, 1.82) is 0 Å². The molecular formula is C17H24ClFN2. The summed E-state index contributed by atoms with van der Waals surface area (Å²) in [5, 5.41) is 0.458. The second-order valence-electron chi connectivity index (χ2n) is 6.45. The monoisotopic (exact) mass is 310 g/mol. The molecule has 2 aliphatic rings. The quantitative estimate of drug-likeness (QED) is 0.906. The van der Waals surface area contributed by atoms with E-state index >= 15 is 0 Å². The number of hydrogen-bond donors (Lipinski definition) is 1. The van der Waals surface area contributed by atoms with E-state index < -0.39 is 0 Å². The first-order valence-electron chi connectivity index (χ1n) is 8.11. The number of nitrogens with zero attached hydrogens (tertiary/aromatic N) is 1. The van der Waals surface area contributed by atoms with E-state index in [1.54, 1.807) is 6.07 Å². The van der Waals surface area contributed by atoms with E-state index in [-0.39, 0.29) is 11.9 Å². The van der Waals surface area contributed by atoms with Crippen LogP contribution >= 0.6 is 11.6 Å². The average molecular weight is 311 g/mol. The maximum absolute atomic E-state index is 13.7. The summed E-state index contributed by atoms with van der Waals surface area (Å²) in [7, 11) is 0. The van der Waals surface area contributed by atoms with Crippen LogP contribution in [0.2, 0.25) is 5.02 Å². The Hall–Kier alpha value is -0.640. The minimum atomic E-state index is -0.271. The Labute approximate surface area is 131 Å². The lowest BCUT2D eigenvalue weighted by Gasteiger charge is -2.36. The van der Waals surface area contributed by atoms with Crippen LogP contribution in [0.15, 0.2) is 18.2 Å². The number of halogens is 2. The van der Waals surface area contributed by atoms with E-state index in [0.29, 0.717) is 17.6 Å². The first-order valence-corrected chi connectivity index (χ1v) is 8.48. The maximum Gasteiger partial charge on any atom is 0.125 e. The Morgan fingerprint density at radius 2 is 1.95 bits per heavy atom. The summed E-state index contributed by atoms with van der Waals surface area (Å²) in [6.07, 6.45) is 7.86. The van der Waals surface area contributed by atoms with E-state index in [1.165, 1.54) is 44.6 Å². The molecule has 1 heterocycles. The summed E-state index contributed by atoms with van der Waals surface area (Å²) < 4.78 is 13.7. The smallest absolute Gasteiger partial charge is 0.125 e. The normalized spacial score (nSPS) is 25.6. The van der Waals surface area contributed by atoms with Crippen molar-refractivity contribution >= 4 is 11.6 Å². The van der Waals surface area contributed by atoms with Gasteiger partial charge in [-0.15, -0.1) is 0 Å². The highest BCUT2D eigenvalue weighted by atomic mass is 35.5. The Kier molecular flexibility index (Phi) is 4.82. The molecule has 2 nitrogen and oxygen atoms in total. The van der Waals surface area contributed by atoms with Crippen LogP contribution in [0.1, 0.15) is 50.1 Å².